The Labute approximate surface area is 89.4 Å². The third-order valence-electron chi connectivity index (χ3n) is 2.61. The second-order valence-electron chi connectivity index (χ2n) is 4.04. The quantitative estimate of drug-likeness (QED) is 0.811. The van der Waals surface area contributed by atoms with E-state index in [2.05, 4.69) is 23.8 Å². The monoisotopic (exact) mass is 201 g/mol. The zero-order chi connectivity index (χ0) is 10.8. The van der Waals surface area contributed by atoms with Crippen LogP contribution in [0.1, 0.15) is 25.5 Å². The van der Waals surface area contributed by atoms with Crippen molar-refractivity contribution in [3.05, 3.63) is 36.2 Å². The van der Waals surface area contributed by atoms with Crippen LogP contribution < -0.4 is 5.73 Å². The summed E-state index contributed by atoms with van der Waals surface area (Å²) in [5.41, 5.74) is 9.04. The number of nitrogens with zero attached hydrogens (tertiary/aromatic N) is 2. The van der Waals surface area contributed by atoms with E-state index < -0.39 is 0 Å². The van der Waals surface area contributed by atoms with E-state index in [1.165, 1.54) is 0 Å². The van der Waals surface area contributed by atoms with E-state index in [4.69, 9.17) is 5.73 Å². The van der Waals surface area contributed by atoms with Crippen LogP contribution >= 0.6 is 0 Å². The summed E-state index contributed by atoms with van der Waals surface area (Å²) in [6.45, 7) is 4.22. The molecule has 0 fully saturated rings. The molecule has 0 bridgehead atoms. The Kier molecular flexibility index (Phi) is 2.64. The molecule has 1 aromatic heterocycles. The highest BCUT2D eigenvalue weighted by Gasteiger charge is 2.13. The van der Waals surface area contributed by atoms with Gasteiger partial charge in [-0.1, -0.05) is 26.0 Å². The Morgan fingerprint density at radius 2 is 1.87 bits per heavy atom. The average Bonchev–Trinajstić information content (AvgIpc) is 2.27. The lowest BCUT2D eigenvalue weighted by molar-refractivity contribution is 0.516. The first-order valence-electron chi connectivity index (χ1n) is 5.15. The predicted octanol–water partition coefficient (Wildman–Crippen LogP) is 2.29. The van der Waals surface area contributed by atoms with Gasteiger partial charge >= 0.3 is 0 Å². The van der Waals surface area contributed by atoms with Gasteiger partial charge in [-0.05, 0) is 17.5 Å². The minimum atomic E-state index is 0.0189. The van der Waals surface area contributed by atoms with Gasteiger partial charge in [-0.15, -0.1) is 0 Å². The summed E-state index contributed by atoms with van der Waals surface area (Å²) < 4.78 is 0. The Bertz CT molecular complexity index is 460. The van der Waals surface area contributed by atoms with Crippen molar-refractivity contribution < 1.29 is 0 Å². The number of benzene rings is 1. The highest BCUT2D eigenvalue weighted by atomic mass is 14.8. The van der Waals surface area contributed by atoms with Crippen LogP contribution in [0.25, 0.3) is 11.0 Å². The molecular formula is C12H15N3. The summed E-state index contributed by atoms with van der Waals surface area (Å²) in [5, 5.41) is 0. The van der Waals surface area contributed by atoms with Gasteiger partial charge in [0.2, 0.25) is 0 Å². The number of fused-ring (bicyclic) bond motifs is 1. The van der Waals surface area contributed by atoms with Gasteiger partial charge in [-0.3, -0.25) is 9.97 Å². The summed E-state index contributed by atoms with van der Waals surface area (Å²) in [6.07, 6.45) is 3.41. The SMILES string of the molecule is CC(C)C(N)c1cccc2nccnc12. The largest absolute Gasteiger partial charge is 0.324 e. The summed E-state index contributed by atoms with van der Waals surface area (Å²) in [5.74, 6) is 0.401. The van der Waals surface area contributed by atoms with Gasteiger partial charge in [0.1, 0.15) is 0 Å². The minimum absolute atomic E-state index is 0.0189. The highest BCUT2D eigenvalue weighted by molar-refractivity contribution is 5.78. The smallest absolute Gasteiger partial charge is 0.0934 e. The fraction of sp³-hybridized carbons (Fsp3) is 0.333. The first kappa shape index (κ1) is 10.1. The topological polar surface area (TPSA) is 51.8 Å². The van der Waals surface area contributed by atoms with Crippen LogP contribution in [0.5, 0.6) is 0 Å². The van der Waals surface area contributed by atoms with E-state index >= 15 is 0 Å². The van der Waals surface area contributed by atoms with Gasteiger partial charge in [0.15, 0.2) is 0 Å². The molecule has 0 amide bonds. The molecular weight excluding hydrogens is 186 g/mol. The Hall–Kier alpha value is -1.48. The molecule has 1 heterocycles. The zero-order valence-corrected chi connectivity index (χ0v) is 9.01. The van der Waals surface area contributed by atoms with Crippen molar-refractivity contribution in [2.75, 3.05) is 0 Å². The van der Waals surface area contributed by atoms with Crippen molar-refractivity contribution in [3.8, 4) is 0 Å². The molecule has 2 rings (SSSR count). The van der Waals surface area contributed by atoms with E-state index in [0.717, 1.165) is 16.6 Å². The second-order valence-corrected chi connectivity index (χ2v) is 4.04. The van der Waals surface area contributed by atoms with E-state index in [9.17, 15) is 0 Å². The fourth-order valence-electron chi connectivity index (χ4n) is 1.64. The lowest BCUT2D eigenvalue weighted by atomic mass is 9.96. The number of aromatic nitrogens is 2. The van der Waals surface area contributed by atoms with Crippen molar-refractivity contribution in [2.45, 2.75) is 19.9 Å². The molecule has 3 heteroatoms. The van der Waals surface area contributed by atoms with Crippen LogP contribution in [0, 0.1) is 5.92 Å². The highest BCUT2D eigenvalue weighted by Crippen LogP contribution is 2.24. The van der Waals surface area contributed by atoms with Crippen LogP contribution in [-0.4, -0.2) is 9.97 Å². The Balaban J connectivity index is 2.60. The molecule has 78 valence electrons. The molecule has 2 N–H and O–H groups in total. The first-order valence-corrected chi connectivity index (χ1v) is 5.15. The maximum absolute atomic E-state index is 6.14. The van der Waals surface area contributed by atoms with Gasteiger partial charge in [0, 0.05) is 18.4 Å². The summed E-state index contributed by atoms with van der Waals surface area (Å²) in [6, 6.07) is 5.99. The summed E-state index contributed by atoms with van der Waals surface area (Å²) in [7, 11) is 0. The molecule has 0 saturated carbocycles. The number of nitrogens with two attached hydrogens (primary N) is 1. The fourth-order valence-corrected chi connectivity index (χ4v) is 1.64. The molecule has 0 radical (unpaired) electrons. The third-order valence-corrected chi connectivity index (χ3v) is 2.61. The molecule has 3 nitrogen and oxygen atoms in total. The first-order chi connectivity index (χ1) is 7.20. The molecule has 0 saturated heterocycles. The van der Waals surface area contributed by atoms with Gasteiger partial charge < -0.3 is 5.73 Å². The van der Waals surface area contributed by atoms with Gasteiger partial charge in [0.05, 0.1) is 11.0 Å². The van der Waals surface area contributed by atoms with E-state index in [-0.39, 0.29) is 6.04 Å². The molecule has 0 aliphatic heterocycles. The summed E-state index contributed by atoms with van der Waals surface area (Å²) in [4.78, 5) is 8.61. The summed E-state index contributed by atoms with van der Waals surface area (Å²) >= 11 is 0. The van der Waals surface area contributed by atoms with Crippen LogP contribution in [0.4, 0.5) is 0 Å². The van der Waals surface area contributed by atoms with Crippen LogP contribution in [-0.2, 0) is 0 Å². The Morgan fingerprint density at radius 3 is 2.60 bits per heavy atom. The molecule has 2 aromatic rings. The Morgan fingerprint density at radius 1 is 1.13 bits per heavy atom. The number of para-hydroxylation sites is 1. The van der Waals surface area contributed by atoms with E-state index in [1.807, 2.05) is 18.2 Å². The third kappa shape index (κ3) is 1.83. The average molecular weight is 201 g/mol. The molecule has 1 aromatic carbocycles. The predicted molar refractivity (Wildman–Crippen MR) is 61.3 cm³/mol. The van der Waals surface area contributed by atoms with Gasteiger partial charge in [0.25, 0.3) is 0 Å². The standard InChI is InChI=1S/C12H15N3/c1-8(2)11(13)9-4-3-5-10-12(9)15-7-6-14-10/h3-8,11H,13H2,1-2H3. The lowest BCUT2D eigenvalue weighted by Gasteiger charge is -2.16. The van der Waals surface area contributed by atoms with Gasteiger partial charge in [-0.2, -0.15) is 0 Å². The maximum atomic E-state index is 6.14. The normalized spacial score (nSPS) is 13.3. The van der Waals surface area contributed by atoms with Crippen LogP contribution in [0.2, 0.25) is 0 Å². The van der Waals surface area contributed by atoms with Gasteiger partial charge in [-0.25, -0.2) is 0 Å². The number of rotatable bonds is 2. The molecule has 0 spiro atoms. The second kappa shape index (κ2) is 3.95. The van der Waals surface area contributed by atoms with E-state index in [1.54, 1.807) is 12.4 Å². The van der Waals surface area contributed by atoms with Crippen LogP contribution in [0.3, 0.4) is 0 Å². The molecule has 1 atom stereocenters. The molecule has 15 heavy (non-hydrogen) atoms. The van der Waals surface area contributed by atoms with Crippen LogP contribution in [0.15, 0.2) is 30.6 Å². The minimum Gasteiger partial charge on any atom is -0.324 e. The number of hydrogen-bond donors (Lipinski definition) is 1. The molecule has 0 aliphatic rings. The lowest BCUT2D eigenvalue weighted by Crippen LogP contribution is -2.17. The van der Waals surface area contributed by atoms with E-state index in [0.29, 0.717) is 5.92 Å². The maximum Gasteiger partial charge on any atom is 0.0934 e. The zero-order valence-electron chi connectivity index (χ0n) is 9.01. The van der Waals surface area contributed by atoms with Crippen molar-refractivity contribution in [2.24, 2.45) is 11.7 Å². The molecule has 1 unspecified atom stereocenters. The number of hydrogen-bond acceptors (Lipinski definition) is 3. The van der Waals surface area contributed by atoms with Crippen molar-refractivity contribution in [3.63, 3.8) is 0 Å². The van der Waals surface area contributed by atoms with Crippen molar-refractivity contribution in [1.82, 2.24) is 9.97 Å². The molecule has 0 aliphatic carbocycles. The van der Waals surface area contributed by atoms with Crippen molar-refractivity contribution >= 4 is 11.0 Å². The van der Waals surface area contributed by atoms with Crippen molar-refractivity contribution in [1.29, 1.82) is 0 Å².